The van der Waals surface area contributed by atoms with E-state index in [1.807, 2.05) is 6.07 Å². The number of nitrogens with zero attached hydrogens (tertiary/aromatic N) is 1. The highest BCUT2D eigenvalue weighted by Crippen LogP contribution is 2.29. The lowest BCUT2D eigenvalue weighted by atomic mass is 9.88. The molecule has 5 heteroatoms. The first-order valence-electron chi connectivity index (χ1n) is 8.98. The zero-order valence-electron chi connectivity index (χ0n) is 14.2. The number of likely N-dealkylation sites (tertiary alicyclic amines) is 1. The van der Waals surface area contributed by atoms with Crippen LogP contribution in [0, 0.1) is 11.8 Å². The van der Waals surface area contributed by atoms with Crippen molar-refractivity contribution in [3.8, 4) is 5.75 Å². The van der Waals surface area contributed by atoms with E-state index >= 15 is 0 Å². The second-order valence-electron chi connectivity index (χ2n) is 6.86. The molecule has 0 aliphatic carbocycles. The van der Waals surface area contributed by atoms with Gasteiger partial charge in [0.25, 0.3) is 0 Å². The predicted octanol–water partition coefficient (Wildman–Crippen LogP) is 2.90. The molecule has 0 radical (unpaired) electrons. The minimum atomic E-state index is -0.922. The zero-order valence-corrected chi connectivity index (χ0v) is 14.2. The standard InChI is InChI=1S/C19H27NO4/c21-19(22)15-5-3-6-18(12-15)24-11-9-20-8-2-1-4-16(13-20)17-7-10-23-14-17/h3,5-6,12,16-17H,1-2,4,7-11,13-14H2,(H,21,22). The smallest absolute Gasteiger partial charge is 0.335 e. The summed E-state index contributed by atoms with van der Waals surface area (Å²) in [4.78, 5) is 13.5. The summed E-state index contributed by atoms with van der Waals surface area (Å²) in [5.74, 6) is 1.17. The Labute approximate surface area is 143 Å². The highest BCUT2D eigenvalue weighted by atomic mass is 16.5. The number of aromatic carboxylic acids is 1. The molecule has 2 aliphatic heterocycles. The van der Waals surface area contributed by atoms with Gasteiger partial charge >= 0.3 is 5.97 Å². The molecule has 2 saturated heterocycles. The first-order valence-corrected chi connectivity index (χ1v) is 8.98. The van der Waals surface area contributed by atoms with Crippen molar-refractivity contribution in [3.05, 3.63) is 29.8 Å². The van der Waals surface area contributed by atoms with E-state index in [9.17, 15) is 4.79 Å². The van der Waals surface area contributed by atoms with Crippen molar-refractivity contribution in [1.29, 1.82) is 0 Å². The van der Waals surface area contributed by atoms with Gasteiger partial charge in [0.1, 0.15) is 12.4 Å². The average molecular weight is 333 g/mol. The van der Waals surface area contributed by atoms with Crippen LogP contribution in [0.4, 0.5) is 0 Å². The molecule has 0 aromatic heterocycles. The Hall–Kier alpha value is -1.59. The number of carbonyl (C=O) groups is 1. The van der Waals surface area contributed by atoms with Gasteiger partial charge in [0, 0.05) is 26.3 Å². The van der Waals surface area contributed by atoms with E-state index in [1.165, 1.54) is 25.7 Å². The summed E-state index contributed by atoms with van der Waals surface area (Å²) in [6.45, 7) is 5.59. The molecule has 0 spiro atoms. The lowest BCUT2D eigenvalue weighted by Crippen LogP contribution is -2.34. The third-order valence-corrected chi connectivity index (χ3v) is 5.18. The molecule has 2 unspecified atom stereocenters. The first-order chi connectivity index (χ1) is 11.7. The van der Waals surface area contributed by atoms with E-state index < -0.39 is 5.97 Å². The number of hydrogen-bond acceptors (Lipinski definition) is 4. The van der Waals surface area contributed by atoms with Crippen LogP contribution in [-0.2, 0) is 4.74 Å². The second-order valence-corrected chi connectivity index (χ2v) is 6.86. The molecule has 2 aliphatic rings. The molecule has 1 N–H and O–H groups in total. The summed E-state index contributed by atoms with van der Waals surface area (Å²) in [7, 11) is 0. The van der Waals surface area contributed by atoms with E-state index in [1.54, 1.807) is 18.2 Å². The fourth-order valence-electron chi connectivity index (χ4n) is 3.78. The summed E-state index contributed by atoms with van der Waals surface area (Å²) < 4.78 is 11.3. The number of ether oxygens (including phenoxy) is 2. The van der Waals surface area contributed by atoms with Crippen LogP contribution in [-0.4, -0.2) is 55.4 Å². The quantitative estimate of drug-likeness (QED) is 0.867. The SMILES string of the molecule is O=C(O)c1cccc(OCCN2CCCCC(C3CCOC3)C2)c1. The molecule has 1 aromatic rings. The van der Waals surface area contributed by atoms with E-state index in [4.69, 9.17) is 14.6 Å². The number of carboxylic acid groups (broad SMARTS) is 1. The van der Waals surface area contributed by atoms with Crippen LogP contribution in [0.3, 0.4) is 0 Å². The number of rotatable bonds is 6. The van der Waals surface area contributed by atoms with Crippen molar-refractivity contribution in [2.75, 3.05) is 39.5 Å². The molecule has 1 aromatic carbocycles. The third-order valence-electron chi connectivity index (χ3n) is 5.18. The first kappa shape index (κ1) is 17.2. The molecular weight excluding hydrogens is 306 g/mol. The third kappa shape index (κ3) is 4.71. The fourth-order valence-corrected chi connectivity index (χ4v) is 3.78. The normalized spacial score (nSPS) is 25.3. The minimum Gasteiger partial charge on any atom is -0.492 e. The van der Waals surface area contributed by atoms with Crippen molar-refractivity contribution < 1.29 is 19.4 Å². The molecule has 5 nitrogen and oxygen atoms in total. The Bertz CT molecular complexity index is 542. The molecule has 132 valence electrons. The largest absolute Gasteiger partial charge is 0.492 e. The van der Waals surface area contributed by atoms with Crippen LogP contribution in [0.1, 0.15) is 36.0 Å². The van der Waals surface area contributed by atoms with Gasteiger partial charge < -0.3 is 14.6 Å². The van der Waals surface area contributed by atoms with Crippen molar-refractivity contribution in [2.45, 2.75) is 25.7 Å². The van der Waals surface area contributed by atoms with Gasteiger partial charge in [-0.25, -0.2) is 4.79 Å². The predicted molar refractivity (Wildman–Crippen MR) is 91.6 cm³/mol. The Morgan fingerprint density at radius 1 is 1.29 bits per heavy atom. The molecule has 0 amide bonds. The highest BCUT2D eigenvalue weighted by molar-refractivity contribution is 5.87. The lowest BCUT2D eigenvalue weighted by Gasteiger charge is -2.27. The maximum atomic E-state index is 11.0. The summed E-state index contributed by atoms with van der Waals surface area (Å²) >= 11 is 0. The van der Waals surface area contributed by atoms with E-state index in [0.29, 0.717) is 12.4 Å². The van der Waals surface area contributed by atoms with Gasteiger partial charge in [0.05, 0.1) is 5.56 Å². The van der Waals surface area contributed by atoms with Gasteiger partial charge in [0.15, 0.2) is 0 Å². The summed E-state index contributed by atoms with van der Waals surface area (Å²) in [6.07, 6.45) is 5.07. The van der Waals surface area contributed by atoms with Crippen LogP contribution in [0.25, 0.3) is 0 Å². The van der Waals surface area contributed by atoms with Crippen molar-refractivity contribution >= 4 is 5.97 Å². The molecule has 2 fully saturated rings. The average Bonchev–Trinajstić information content (AvgIpc) is 3.02. The Balaban J connectivity index is 1.48. The van der Waals surface area contributed by atoms with Crippen molar-refractivity contribution in [1.82, 2.24) is 4.90 Å². The van der Waals surface area contributed by atoms with Gasteiger partial charge in [-0.1, -0.05) is 12.5 Å². The number of carboxylic acids is 1. The van der Waals surface area contributed by atoms with E-state index in [0.717, 1.165) is 44.7 Å². The monoisotopic (exact) mass is 333 g/mol. The zero-order chi connectivity index (χ0) is 16.8. The molecule has 24 heavy (non-hydrogen) atoms. The number of benzene rings is 1. The molecular formula is C19H27NO4. The van der Waals surface area contributed by atoms with Crippen LogP contribution < -0.4 is 4.74 Å². The molecule has 0 saturated carbocycles. The summed E-state index contributed by atoms with van der Waals surface area (Å²) in [5.41, 5.74) is 0.267. The van der Waals surface area contributed by atoms with Crippen LogP contribution in [0.2, 0.25) is 0 Å². The topological polar surface area (TPSA) is 59.0 Å². The fraction of sp³-hybridized carbons (Fsp3) is 0.632. The maximum absolute atomic E-state index is 11.0. The summed E-state index contributed by atoms with van der Waals surface area (Å²) in [6, 6.07) is 6.70. The second kappa shape index (κ2) is 8.49. The lowest BCUT2D eigenvalue weighted by molar-refractivity contribution is 0.0696. The van der Waals surface area contributed by atoms with Gasteiger partial charge in [-0.05, 0) is 55.8 Å². The van der Waals surface area contributed by atoms with E-state index in [-0.39, 0.29) is 5.56 Å². The highest BCUT2D eigenvalue weighted by Gasteiger charge is 2.28. The minimum absolute atomic E-state index is 0.267. The van der Waals surface area contributed by atoms with Crippen LogP contribution in [0.5, 0.6) is 5.75 Å². The van der Waals surface area contributed by atoms with Gasteiger partial charge in [0.2, 0.25) is 0 Å². The van der Waals surface area contributed by atoms with E-state index in [2.05, 4.69) is 4.90 Å². The summed E-state index contributed by atoms with van der Waals surface area (Å²) in [5, 5.41) is 9.03. The van der Waals surface area contributed by atoms with Gasteiger partial charge in [-0.2, -0.15) is 0 Å². The van der Waals surface area contributed by atoms with Gasteiger partial charge in [-0.15, -0.1) is 0 Å². The Morgan fingerprint density at radius 2 is 2.21 bits per heavy atom. The molecule has 2 atom stereocenters. The maximum Gasteiger partial charge on any atom is 0.335 e. The number of hydrogen-bond donors (Lipinski definition) is 1. The Kier molecular flexibility index (Phi) is 6.10. The van der Waals surface area contributed by atoms with Crippen molar-refractivity contribution in [2.24, 2.45) is 11.8 Å². The van der Waals surface area contributed by atoms with Gasteiger partial charge in [-0.3, -0.25) is 4.90 Å². The van der Waals surface area contributed by atoms with Crippen molar-refractivity contribution in [3.63, 3.8) is 0 Å². The van der Waals surface area contributed by atoms with Crippen LogP contribution in [0.15, 0.2) is 24.3 Å². The Morgan fingerprint density at radius 3 is 3.00 bits per heavy atom. The molecule has 3 rings (SSSR count). The molecule has 2 heterocycles. The van der Waals surface area contributed by atoms with Crippen LogP contribution >= 0.6 is 0 Å². The molecule has 0 bridgehead atoms.